The number of aromatic nitrogens is 1. The fourth-order valence-electron chi connectivity index (χ4n) is 1.92. The molecule has 2 aromatic carbocycles. The molecule has 3 aromatic rings. The Bertz CT molecular complexity index is 827. The van der Waals surface area contributed by atoms with Crippen LogP contribution in [0.3, 0.4) is 0 Å². The van der Waals surface area contributed by atoms with Gasteiger partial charge in [-0.25, -0.2) is 0 Å². The van der Waals surface area contributed by atoms with Gasteiger partial charge in [-0.1, -0.05) is 0 Å². The molecule has 0 unspecified atom stereocenters. The Morgan fingerprint density at radius 2 is 1.80 bits per heavy atom. The minimum absolute atomic E-state index is 0.343. The molecule has 1 heterocycles. The average molecular weight is 286 g/mol. The molecule has 0 aliphatic heterocycles. The zero-order valence-electron chi connectivity index (χ0n) is 10.4. The van der Waals surface area contributed by atoms with E-state index in [0.29, 0.717) is 21.5 Å². The van der Waals surface area contributed by atoms with E-state index in [-0.39, 0.29) is 5.82 Å². The molecule has 0 atom stereocenters. The van der Waals surface area contributed by atoms with Crippen LogP contribution in [0.2, 0.25) is 0 Å². The monoisotopic (exact) mass is 286 g/mol. The van der Waals surface area contributed by atoms with Gasteiger partial charge in [-0.15, -0.1) is 0 Å². The third-order valence-corrected chi connectivity index (χ3v) is 3.98. The van der Waals surface area contributed by atoms with Crippen LogP contribution in [-0.4, -0.2) is 4.98 Å². The quantitative estimate of drug-likeness (QED) is 0.547. The van der Waals surface area contributed by atoms with Gasteiger partial charge in [-0.3, -0.25) is 0 Å². The van der Waals surface area contributed by atoms with E-state index in [1.54, 1.807) is 36.5 Å². The van der Waals surface area contributed by atoms with Gasteiger partial charge in [0.05, 0.1) is 0 Å². The predicted octanol–water partition coefficient (Wildman–Crippen LogP) is 3.72. The number of halogens is 1. The van der Waals surface area contributed by atoms with Crippen LogP contribution in [0.5, 0.6) is 0 Å². The fourth-order valence-corrected chi connectivity index (χ4v) is 2.81. The van der Waals surface area contributed by atoms with Crippen molar-refractivity contribution in [1.29, 1.82) is 0 Å². The van der Waals surface area contributed by atoms with E-state index < -0.39 is 10.8 Å². The second kappa shape index (κ2) is 5.48. The van der Waals surface area contributed by atoms with Crippen molar-refractivity contribution in [3.63, 3.8) is 0 Å². The van der Waals surface area contributed by atoms with Crippen molar-refractivity contribution in [2.75, 3.05) is 4.72 Å². The molecule has 3 rings (SSSR count). The van der Waals surface area contributed by atoms with Gasteiger partial charge in [0.25, 0.3) is 0 Å². The normalized spacial score (nSPS) is 10.8. The molecule has 0 aliphatic rings. The van der Waals surface area contributed by atoms with Crippen LogP contribution in [0.1, 0.15) is 0 Å². The van der Waals surface area contributed by atoms with Gasteiger partial charge in [-0.2, -0.15) is 0 Å². The van der Waals surface area contributed by atoms with Crippen molar-refractivity contribution in [1.82, 2.24) is 4.98 Å². The van der Waals surface area contributed by atoms with Crippen LogP contribution >= 0.6 is 0 Å². The van der Waals surface area contributed by atoms with Gasteiger partial charge in [0, 0.05) is 0 Å². The Hall–Kier alpha value is -2.11. The topological polar surface area (TPSA) is 44.8 Å². The summed E-state index contributed by atoms with van der Waals surface area (Å²) in [7, 11) is -1.41. The molecule has 0 aliphatic carbocycles. The minimum atomic E-state index is -1.41. The molecule has 0 bridgehead atoms. The van der Waals surface area contributed by atoms with Crippen molar-refractivity contribution >= 4 is 27.4 Å². The molecule has 20 heavy (non-hydrogen) atoms. The average Bonchev–Trinajstić information content (AvgIpc) is 2.51. The third kappa shape index (κ3) is 2.45. The summed E-state index contributed by atoms with van der Waals surface area (Å²) in [6.07, 6.45) is 1.58. The first kappa shape index (κ1) is 12.9. The number of benzene rings is 2. The van der Waals surface area contributed by atoms with Crippen molar-refractivity contribution in [3.8, 4) is 0 Å². The van der Waals surface area contributed by atoms with Gasteiger partial charge >= 0.3 is 117 Å². The van der Waals surface area contributed by atoms with Crippen LogP contribution < -0.4 is 4.72 Å². The number of hydrogen-bond donors (Lipinski definition) is 1. The number of hydrogen-bond acceptors (Lipinski definition) is 3. The summed E-state index contributed by atoms with van der Waals surface area (Å²) in [5.41, 5.74) is 1.01. The maximum absolute atomic E-state index is 13.7. The van der Waals surface area contributed by atoms with Crippen LogP contribution in [0.15, 0.2) is 65.7 Å². The molecule has 5 heteroatoms. The summed E-state index contributed by atoms with van der Waals surface area (Å²) in [6.45, 7) is 0. The van der Waals surface area contributed by atoms with Gasteiger partial charge in [0.15, 0.2) is 0 Å². The van der Waals surface area contributed by atoms with Crippen LogP contribution in [0, 0.1) is 5.82 Å². The van der Waals surface area contributed by atoms with E-state index in [0.717, 1.165) is 0 Å². The van der Waals surface area contributed by atoms with Gasteiger partial charge in [0.1, 0.15) is 0 Å². The second-order valence-corrected chi connectivity index (χ2v) is 5.39. The summed E-state index contributed by atoms with van der Waals surface area (Å²) in [5.74, 6) is -0.343. The SMILES string of the molecule is [O+]#[S-](Nc1ccc(F)c2cccnc12)c1ccccc1. The van der Waals surface area contributed by atoms with Gasteiger partial charge in [0.2, 0.25) is 0 Å². The number of fused-ring (bicyclic) bond motifs is 1. The van der Waals surface area contributed by atoms with Crippen molar-refractivity contribution in [2.45, 2.75) is 4.90 Å². The summed E-state index contributed by atoms with van der Waals surface area (Å²) in [6, 6.07) is 15.2. The van der Waals surface area contributed by atoms with Crippen molar-refractivity contribution in [3.05, 3.63) is 66.6 Å². The molecular weight excluding hydrogens is 275 g/mol. The van der Waals surface area contributed by atoms with E-state index >= 15 is 0 Å². The summed E-state index contributed by atoms with van der Waals surface area (Å²) < 4.78 is 28.8. The number of nitrogens with zero attached hydrogens (tertiary/aromatic N) is 1. The van der Waals surface area contributed by atoms with Gasteiger partial charge in [-0.05, 0) is 0 Å². The number of anilines is 1. The van der Waals surface area contributed by atoms with Gasteiger partial charge < -0.3 is 0 Å². The molecular formula is C15H11FN2OS. The standard InChI is InChI=1S/C15H11FN2OS/c16-13-8-9-14(15-12(13)7-4-10-17-15)18-20(19)11-5-2-1-3-6-11/h1-10,18H. The first-order valence-corrected chi connectivity index (χ1v) is 7.17. The first-order valence-electron chi connectivity index (χ1n) is 6.02. The molecule has 1 aromatic heterocycles. The van der Waals surface area contributed by atoms with Crippen LogP contribution in [-0.2, 0) is 14.9 Å². The van der Waals surface area contributed by atoms with Crippen LogP contribution in [0.25, 0.3) is 10.9 Å². The third-order valence-electron chi connectivity index (χ3n) is 2.88. The van der Waals surface area contributed by atoms with Crippen LogP contribution in [0.4, 0.5) is 10.1 Å². The predicted molar refractivity (Wildman–Crippen MR) is 78.1 cm³/mol. The second-order valence-electron chi connectivity index (χ2n) is 4.18. The maximum atomic E-state index is 13.7. The molecule has 0 amide bonds. The molecule has 0 saturated heterocycles. The van der Waals surface area contributed by atoms with E-state index in [2.05, 4.69) is 9.71 Å². The van der Waals surface area contributed by atoms with Crippen molar-refractivity contribution < 1.29 is 8.43 Å². The zero-order chi connectivity index (χ0) is 13.9. The van der Waals surface area contributed by atoms with E-state index in [9.17, 15) is 8.43 Å². The Morgan fingerprint density at radius 1 is 1.00 bits per heavy atom. The fraction of sp³-hybridized carbons (Fsp3) is 0. The molecule has 100 valence electrons. The Balaban J connectivity index is 2.01. The summed E-state index contributed by atoms with van der Waals surface area (Å²) >= 11 is 0. The molecule has 0 spiro atoms. The molecule has 3 nitrogen and oxygen atoms in total. The molecule has 0 fully saturated rings. The Morgan fingerprint density at radius 3 is 2.60 bits per heavy atom. The first-order chi connectivity index (χ1) is 9.75. The number of nitrogens with one attached hydrogen (secondary N) is 1. The summed E-state index contributed by atoms with van der Waals surface area (Å²) in [4.78, 5) is 4.81. The Kier molecular flexibility index (Phi) is 3.54. The zero-order valence-corrected chi connectivity index (χ0v) is 11.2. The van der Waals surface area contributed by atoms with E-state index in [1.807, 2.05) is 18.2 Å². The van der Waals surface area contributed by atoms with E-state index in [4.69, 9.17) is 0 Å². The number of rotatable bonds is 1. The number of pyridine rings is 1. The Labute approximate surface area is 117 Å². The van der Waals surface area contributed by atoms with Crippen molar-refractivity contribution in [2.24, 2.45) is 0 Å². The molecule has 1 N–H and O–H groups in total. The van der Waals surface area contributed by atoms with E-state index in [1.165, 1.54) is 6.07 Å². The molecule has 0 radical (unpaired) electrons. The molecule has 0 saturated carbocycles. The summed E-state index contributed by atoms with van der Waals surface area (Å²) in [5, 5.41) is 0.405.